The van der Waals surface area contributed by atoms with Crippen LogP contribution in [0, 0.1) is 5.82 Å². The molecule has 0 atom stereocenters. The van der Waals surface area contributed by atoms with Crippen molar-refractivity contribution >= 4 is 18.0 Å². The van der Waals surface area contributed by atoms with Crippen LogP contribution in [0.2, 0.25) is 0 Å². The number of hydrogen-bond donors (Lipinski definition) is 2. The molecule has 2 rings (SSSR count). The molecule has 2 N–H and O–H groups in total. The van der Waals surface area contributed by atoms with E-state index in [1.807, 2.05) is 0 Å². The summed E-state index contributed by atoms with van der Waals surface area (Å²) in [6.07, 6.45) is 7.89. The number of rotatable bonds is 13. The summed E-state index contributed by atoms with van der Waals surface area (Å²) in [5, 5.41) is 19.0. The van der Waals surface area contributed by atoms with Crippen molar-refractivity contribution in [2.45, 2.75) is 52.1 Å². The Bertz CT molecular complexity index is 943. The van der Waals surface area contributed by atoms with Crippen LogP contribution in [-0.4, -0.2) is 22.2 Å². The van der Waals surface area contributed by atoms with E-state index in [9.17, 15) is 24.2 Å². The summed E-state index contributed by atoms with van der Waals surface area (Å²) in [7, 11) is 0. The van der Waals surface area contributed by atoms with Crippen molar-refractivity contribution in [2.24, 2.45) is 0 Å². The van der Waals surface area contributed by atoms with Gasteiger partial charge >= 0.3 is 11.9 Å². The first-order valence-corrected chi connectivity index (χ1v) is 10.7. The van der Waals surface area contributed by atoms with Crippen LogP contribution in [-0.2, 0) is 16.2 Å². The van der Waals surface area contributed by atoms with Gasteiger partial charge in [0.15, 0.2) is 0 Å². The van der Waals surface area contributed by atoms with E-state index in [1.54, 1.807) is 36.4 Å². The van der Waals surface area contributed by atoms with E-state index in [0.29, 0.717) is 24.2 Å². The van der Waals surface area contributed by atoms with Gasteiger partial charge < -0.3 is 14.9 Å². The Morgan fingerprint density at radius 1 is 0.906 bits per heavy atom. The fraction of sp³-hybridized carbons (Fsp3) is 0.308. The van der Waals surface area contributed by atoms with Crippen LogP contribution >= 0.6 is 0 Å². The van der Waals surface area contributed by atoms with Gasteiger partial charge in [0.2, 0.25) is 0 Å². The molecule has 32 heavy (non-hydrogen) atoms. The van der Waals surface area contributed by atoms with Gasteiger partial charge in [-0.15, -0.1) is 0 Å². The van der Waals surface area contributed by atoms with E-state index in [4.69, 9.17) is 4.74 Å². The van der Waals surface area contributed by atoms with Crippen molar-refractivity contribution < 1.29 is 28.9 Å². The van der Waals surface area contributed by atoms with Crippen molar-refractivity contribution in [3.63, 3.8) is 0 Å². The first-order valence-electron chi connectivity index (χ1n) is 10.7. The molecule has 2 aromatic rings. The molecule has 0 bridgehead atoms. The van der Waals surface area contributed by atoms with Gasteiger partial charge in [0.1, 0.15) is 18.2 Å². The number of carbonyl (C=O) groups is 2. The van der Waals surface area contributed by atoms with Crippen molar-refractivity contribution in [1.82, 2.24) is 0 Å². The van der Waals surface area contributed by atoms with Crippen LogP contribution < -0.4 is 4.74 Å². The smallest absolute Gasteiger partial charge is 0.335 e. The summed E-state index contributed by atoms with van der Waals surface area (Å²) in [4.78, 5) is 23.2. The Balaban J connectivity index is 2.06. The van der Waals surface area contributed by atoms with E-state index in [1.165, 1.54) is 24.3 Å². The molecule has 0 unspecified atom stereocenters. The minimum atomic E-state index is -1.19. The molecule has 0 saturated heterocycles. The first-order chi connectivity index (χ1) is 15.4. The predicted octanol–water partition coefficient (Wildman–Crippen LogP) is 6.24. The normalized spacial score (nSPS) is 11.9. The van der Waals surface area contributed by atoms with Crippen LogP contribution in [0.15, 0.2) is 65.8 Å². The van der Waals surface area contributed by atoms with Crippen LogP contribution in [0.5, 0.6) is 5.75 Å². The predicted molar refractivity (Wildman–Crippen MR) is 122 cm³/mol. The van der Waals surface area contributed by atoms with E-state index in [-0.39, 0.29) is 23.6 Å². The number of hydrogen-bond acceptors (Lipinski definition) is 3. The molecule has 0 radical (unpaired) electrons. The number of aliphatic carboxylic acids is 2. The van der Waals surface area contributed by atoms with Gasteiger partial charge in [-0.1, -0.05) is 56.9 Å². The summed E-state index contributed by atoms with van der Waals surface area (Å²) in [5.74, 6) is -2.02. The Morgan fingerprint density at radius 3 is 2.16 bits per heavy atom. The number of unbranched alkanes of at least 4 members (excludes halogenated alkanes) is 4. The minimum Gasteiger partial charge on any atom is -0.489 e. The van der Waals surface area contributed by atoms with Crippen LogP contribution in [0.25, 0.3) is 6.08 Å². The summed E-state index contributed by atoms with van der Waals surface area (Å²) >= 11 is 0. The number of carboxylic acid groups (broad SMARTS) is 2. The van der Waals surface area contributed by atoms with Crippen LogP contribution in [0.4, 0.5) is 4.39 Å². The van der Waals surface area contributed by atoms with E-state index < -0.39 is 11.9 Å². The molecule has 0 aromatic heterocycles. The standard InChI is InChI=1S/C26H29FO5/c1-2-3-4-5-6-7-21(25(28)29)17-22(26(30)31)16-19-10-14-24(15-11-19)32-18-20-8-12-23(27)13-9-20/h8-17H,2-7,18H2,1H3,(H,28,29)(H,30,31). The van der Waals surface area contributed by atoms with Crippen molar-refractivity contribution in [3.8, 4) is 5.75 Å². The molecule has 0 spiro atoms. The molecule has 0 heterocycles. The Kier molecular flexibility index (Phi) is 10.2. The second-order valence-corrected chi connectivity index (χ2v) is 7.53. The third kappa shape index (κ3) is 8.76. The average Bonchev–Trinajstić information content (AvgIpc) is 2.77. The van der Waals surface area contributed by atoms with Crippen LogP contribution in [0.1, 0.15) is 56.6 Å². The Morgan fingerprint density at radius 2 is 1.56 bits per heavy atom. The summed E-state index contributed by atoms with van der Waals surface area (Å²) < 4.78 is 18.6. The first kappa shape index (κ1) is 24.9. The van der Waals surface area contributed by atoms with Gasteiger partial charge in [-0.2, -0.15) is 0 Å². The maximum absolute atomic E-state index is 13.0. The number of carboxylic acids is 2. The zero-order valence-corrected chi connectivity index (χ0v) is 18.2. The number of ether oxygens (including phenoxy) is 1. The summed E-state index contributed by atoms with van der Waals surface area (Å²) in [6, 6.07) is 12.8. The molecule has 6 heteroatoms. The lowest BCUT2D eigenvalue weighted by Crippen LogP contribution is -2.05. The molecule has 0 amide bonds. The quantitative estimate of drug-likeness (QED) is 0.219. The summed E-state index contributed by atoms with van der Waals surface area (Å²) in [6.45, 7) is 2.38. The lowest BCUT2D eigenvalue weighted by atomic mass is 10.0. The minimum absolute atomic E-state index is 0.0871. The second kappa shape index (κ2) is 13.1. The van der Waals surface area contributed by atoms with Gasteiger partial charge in [0, 0.05) is 5.57 Å². The molecule has 2 aromatic carbocycles. The van der Waals surface area contributed by atoms with Crippen molar-refractivity contribution in [1.29, 1.82) is 0 Å². The van der Waals surface area contributed by atoms with Crippen LogP contribution in [0.3, 0.4) is 0 Å². The second-order valence-electron chi connectivity index (χ2n) is 7.53. The molecular formula is C26H29FO5. The number of benzene rings is 2. The van der Waals surface area contributed by atoms with Gasteiger partial charge in [-0.05, 0) is 60.4 Å². The van der Waals surface area contributed by atoms with E-state index in [0.717, 1.165) is 31.2 Å². The third-order valence-electron chi connectivity index (χ3n) is 4.92. The molecule has 0 aliphatic carbocycles. The lowest BCUT2D eigenvalue weighted by molar-refractivity contribution is -0.133. The maximum atomic E-state index is 13.0. The molecule has 0 aliphatic heterocycles. The maximum Gasteiger partial charge on any atom is 0.335 e. The van der Waals surface area contributed by atoms with E-state index in [2.05, 4.69) is 6.92 Å². The molecule has 0 saturated carbocycles. The molecule has 5 nitrogen and oxygen atoms in total. The average molecular weight is 441 g/mol. The molecular weight excluding hydrogens is 411 g/mol. The molecule has 0 fully saturated rings. The van der Waals surface area contributed by atoms with Crippen molar-refractivity contribution in [2.75, 3.05) is 0 Å². The van der Waals surface area contributed by atoms with Gasteiger partial charge in [0.25, 0.3) is 0 Å². The van der Waals surface area contributed by atoms with Gasteiger partial charge in [-0.25, -0.2) is 14.0 Å². The highest BCUT2D eigenvalue weighted by Crippen LogP contribution is 2.19. The van der Waals surface area contributed by atoms with Gasteiger partial charge in [-0.3, -0.25) is 0 Å². The highest BCUT2D eigenvalue weighted by molar-refractivity contribution is 5.98. The SMILES string of the molecule is CCCCCCCC(=CC(=Cc1ccc(OCc2ccc(F)cc2)cc1)C(=O)O)C(=O)O. The fourth-order valence-electron chi connectivity index (χ4n) is 3.10. The third-order valence-corrected chi connectivity index (χ3v) is 4.92. The molecule has 170 valence electrons. The van der Waals surface area contributed by atoms with Crippen molar-refractivity contribution in [3.05, 3.63) is 82.7 Å². The zero-order valence-electron chi connectivity index (χ0n) is 18.2. The largest absolute Gasteiger partial charge is 0.489 e. The van der Waals surface area contributed by atoms with E-state index >= 15 is 0 Å². The fourth-order valence-corrected chi connectivity index (χ4v) is 3.10. The Labute approximate surface area is 187 Å². The highest BCUT2D eigenvalue weighted by Gasteiger charge is 2.12. The number of halogens is 1. The monoisotopic (exact) mass is 440 g/mol. The summed E-state index contributed by atoms with van der Waals surface area (Å²) in [5.41, 5.74) is 1.44. The zero-order chi connectivity index (χ0) is 23.3. The topological polar surface area (TPSA) is 83.8 Å². The lowest BCUT2D eigenvalue weighted by Gasteiger charge is -2.07. The highest BCUT2D eigenvalue weighted by atomic mass is 19.1. The molecule has 0 aliphatic rings. The van der Waals surface area contributed by atoms with Gasteiger partial charge in [0.05, 0.1) is 5.57 Å². The Hall–Kier alpha value is -3.41.